The van der Waals surface area contributed by atoms with Crippen molar-refractivity contribution in [2.24, 2.45) is 5.73 Å². The molecule has 2 aromatic carbocycles. The zero-order chi connectivity index (χ0) is 15.0. The molecule has 1 aliphatic heterocycles. The van der Waals surface area contributed by atoms with Crippen LogP contribution in [0.4, 0.5) is 11.4 Å². The third-order valence-corrected chi connectivity index (χ3v) is 3.23. The van der Waals surface area contributed by atoms with Gasteiger partial charge in [-0.1, -0.05) is 12.1 Å². The summed E-state index contributed by atoms with van der Waals surface area (Å²) in [6.07, 6.45) is 0.303. The summed E-state index contributed by atoms with van der Waals surface area (Å²) in [6, 6.07) is 9.96. The average Bonchev–Trinajstić information content (AvgIpc) is 2.78. The van der Waals surface area contributed by atoms with Gasteiger partial charge >= 0.3 is 0 Å². The van der Waals surface area contributed by atoms with Crippen LogP contribution in [0.15, 0.2) is 36.4 Å². The molecule has 0 fully saturated rings. The Morgan fingerprint density at radius 2 is 1.95 bits per heavy atom. The van der Waals surface area contributed by atoms with Gasteiger partial charge < -0.3 is 21.5 Å². The molecule has 106 valence electrons. The van der Waals surface area contributed by atoms with Gasteiger partial charge in [0.05, 0.1) is 17.7 Å². The number of amides is 2. The molecule has 5 N–H and O–H groups in total. The van der Waals surface area contributed by atoms with Crippen molar-refractivity contribution in [1.82, 2.24) is 0 Å². The van der Waals surface area contributed by atoms with Crippen LogP contribution in [-0.2, 0) is 11.2 Å². The van der Waals surface area contributed by atoms with Crippen LogP contribution in [0.2, 0.25) is 0 Å². The van der Waals surface area contributed by atoms with Gasteiger partial charge in [0.1, 0.15) is 5.75 Å². The van der Waals surface area contributed by atoms with E-state index < -0.39 is 5.91 Å². The summed E-state index contributed by atoms with van der Waals surface area (Å²) in [5.74, 6) is 0.0170. The van der Waals surface area contributed by atoms with Crippen molar-refractivity contribution in [2.45, 2.75) is 6.42 Å². The van der Waals surface area contributed by atoms with E-state index >= 15 is 0 Å². The molecular formula is C15H13N3O3. The third kappa shape index (κ3) is 2.38. The second kappa shape index (κ2) is 4.82. The maximum Gasteiger partial charge on any atom is 0.252 e. The Morgan fingerprint density at radius 1 is 1.19 bits per heavy atom. The molecule has 0 radical (unpaired) electrons. The number of nitrogens with one attached hydrogen (secondary N) is 1. The fourth-order valence-corrected chi connectivity index (χ4v) is 2.24. The fraction of sp³-hybridized carbons (Fsp3) is 0.0667. The molecule has 0 saturated heterocycles. The second-order valence-corrected chi connectivity index (χ2v) is 4.73. The lowest BCUT2D eigenvalue weighted by molar-refractivity contribution is -0.115. The average molecular weight is 283 g/mol. The van der Waals surface area contributed by atoms with Crippen molar-refractivity contribution in [3.05, 3.63) is 47.5 Å². The van der Waals surface area contributed by atoms with Crippen LogP contribution in [0.5, 0.6) is 11.5 Å². The highest BCUT2D eigenvalue weighted by Crippen LogP contribution is 2.36. The number of rotatable bonds is 3. The summed E-state index contributed by atoms with van der Waals surface area (Å²) in [4.78, 5) is 22.8. The molecule has 0 bridgehead atoms. The summed E-state index contributed by atoms with van der Waals surface area (Å²) in [5.41, 5.74) is 13.4. The van der Waals surface area contributed by atoms with Crippen LogP contribution < -0.4 is 21.5 Å². The predicted molar refractivity (Wildman–Crippen MR) is 78.2 cm³/mol. The zero-order valence-electron chi connectivity index (χ0n) is 11.1. The van der Waals surface area contributed by atoms with Crippen LogP contribution >= 0.6 is 0 Å². The summed E-state index contributed by atoms with van der Waals surface area (Å²) >= 11 is 0. The largest absolute Gasteiger partial charge is 0.454 e. The molecule has 0 atom stereocenters. The van der Waals surface area contributed by atoms with E-state index in [4.69, 9.17) is 16.2 Å². The van der Waals surface area contributed by atoms with Crippen molar-refractivity contribution in [3.8, 4) is 11.5 Å². The molecule has 6 heteroatoms. The fourth-order valence-electron chi connectivity index (χ4n) is 2.24. The summed E-state index contributed by atoms with van der Waals surface area (Å²) in [6.45, 7) is 0. The van der Waals surface area contributed by atoms with Gasteiger partial charge in [0.2, 0.25) is 5.91 Å². The van der Waals surface area contributed by atoms with E-state index in [2.05, 4.69) is 5.32 Å². The molecule has 0 saturated carbocycles. The number of fused-ring (bicyclic) bond motifs is 1. The number of ether oxygens (including phenoxy) is 1. The van der Waals surface area contributed by atoms with Crippen molar-refractivity contribution >= 4 is 23.2 Å². The highest BCUT2D eigenvalue weighted by Gasteiger charge is 2.20. The Balaban J connectivity index is 1.98. The maximum absolute atomic E-state index is 11.4. The number of hydrogen-bond acceptors (Lipinski definition) is 4. The first kappa shape index (κ1) is 13.0. The Bertz CT molecular complexity index is 756. The molecule has 0 aromatic heterocycles. The maximum atomic E-state index is 11.4. The van der Waals surface area contributed by atoms with Gasteiger partial charge in [-0.2, -0.15) is 0 Å². The van der Waals surface area contributed by atoms with Crippen LogP contribution in [-0.4, -0.2) is 11.8 Å². The van der Waals surface area contributed by atoms with Crippen LogP contribution in [0.3, 0.4) is 0 Å². The Hall–Kier alpha value is -3.02. The van der Waals surface area contributed by atoms with Gasteiger partial charge in [0.25, 0.3) is 5.91 Å². The number of nitrogens with two attached hydrogens (primary N) is 2. The minimum absolute atomic E-state index is 0.0842. The molecule has 0 aliphatic carbocycles. The lowest BCUT2D eigenvalue weighted by Crippen LogP contribution is -2.12. The minimum Gasteiger partial charge on any atom is -0.454 e. The lowest BCUT2D eigenvalue weighted by Gasteiger charge is -2.12. The van der Waals surface area contributed by atoms with Crippen molar-refractivity contribution < 1.29 is 14.3 Å². The highest BCUT2D eigenvalue weighted by molar-refractivity contribution is 6.00. The molecule has 0 unspecified atom stereocenters. The van der Waals surface area contributed by atoms with Crippen LogP contribution in [0.25, 0.3) is 0 Å². The number of primary amides is 1. The molecule has 2 aromatic rings. The second-order valence-electron chi connectivity index (χ2n) is 4.73. The molecular weight excluding hydrogens is 270 g/mol. The Labute approximate surface area is 120 Å². The molecule has 1 heterocycles. The van der Waals surface area contributed by atoms with E-state index in [-0.39, 0.29) is 11.5 Å². The lowest BCUT2D eigenvalue weighted by atomic mass is 10.1. The highest BCUT2D eigenvalue weighted by atomic mass is 16.5. The molecule has 2 amide bonds. The minimum atomic E-state index is -0.585. The number of carbonyl (C=O) groups excluding carboxylic acids is 2. The molecule has 3 rings (SSSR count). The van der Waals surface area contributed by atoms with Gasteiger partial charge in [-0.15, -0.1) is 0 Å². The number of anilines is 2. The smallest absolute Gasteiger partial charge is 0.252 e. The van der Waals surface area contributed by atoms with Gasteiger partial charge in [-0.05, 0) is 23.8 Å². The Kier molecular flexibility index (Phi) is 2.98. The van der Waals surface area contributed by atoms with Crippen molar-refractivity contribution in [3.63, 3.8) is 0 Å². The van der Waals surface area contributed by atoms with Crippen LogP contribution in [0.1, 0.15) is 15.9 Å². The van der Waals surface area contributed by atoms with Crippen molar-refractivity contribution in [2.75, 3.05) is 11.1 Å². The molecule has 6 nitrogen and oxygen atoms in total. The molecule has 0 spiro atoms. The third-order valence-electron chi connectivity index (χ3n) is 3.23. The van der Waals surface area contributed by atoms with Gasteiger partial charge in [0.15, 0.2) is 5.75 Å². The molecule has 21 heavy (non-hydrogen) atoms. The SMILES string of the molecule is NC(=O)c1ccccc1Oc1cc2c(cc1N)CC(=O)N2. The first-order valence-electron chi connectivity index (χ1n) is 6.33. The quantitative estimate of drug-likeness (QED) is 0.744. The predicted octanol–water partition coefficient (Wildman–Crippen LogP) is 1.65. The van der Waals surface area contributed by atoms with Crippen molar-refractivity contribution in [1.29, 1.82) is 0 Å². The standard InChI is InChI=1S/C15H13N3O3/c16-10-5-8-6-14(19)18-11(8)7-13(10)21-12-4-2-1-3-9(12)15(17)20/h1-5,7H,6,16H2,(H2,17,20)(H,18,19). The summed E-state index contributed by atoms with van der Waals surface area (Å²) in [7, 11) is 0. The van der Waals surface area contributed by atoms with Gasteiger partial charge in [-0.25, -0.2) is 0 Å². The number of benzene rings is 2. The summed E-state index contributed by atoms with van der Waals surface area (Å²) in [5, 5.41) is 2.72. The summed E-state index contributed by atoms with van der Waals surface area (Å²) < 4.78 is 5.68. The number of para-hydroxylation sites is 1. The molecule has 1 aliphatic rings. The van der Waals surface area contributed by atoms with E-state index in [1.165, 1.54) is 0 Å². The number of carbonyl (C=O) groups is 2. The zero-order valence-corrected chi connectivity index (χ0v) is 11.1. The first-order chi connectivity index (χ1) is 10.0. The van der Waals surface area contributed by atoms with Gasteiger partial charge in [-0.3, -0.25) is 9.59 Å². The van der Waals surface area contributed by atoms with E-state index in [0.717, 1.165) is 5.56 Å². The van der Waals surface area contributed by atoms with E-state index in [0.29, 0.717) is 29.3 Å². The number of hydrogen-bond donors (Lipinski definition) is 3. The van der Waals surface area contributed by atoms with E-state index in [1.807, 2.05) is 0 Å². The van der Waals surface area contributed by atoms with Crippen LogP contribution in [0, 0.1) is 0 Å². The topological polar surface area (TPSA) is 107 Å². The van der Waals surface area contributed by atoms with Gasteiger partial charge in [0, 0.05) is 11.8 Å². The number of nitrogen functional groups attached to an aromatic ring is 1. The van der Waals surface area contributed by atoms with E-state index in [9.17, 15) is 9.59 Å². The first-order valence-corrected chi connectivity index (χ1v) is 6.33. The monoisotopic (exact) mass is 283 g/mol. The van der Waals surface area contributed by atoms with E-state index in [1.54, 1.807) is 36.4 Å². The normalized spacial score (nSPS) is 12.7. The Morgan fingerprint density at radius 3 is 2.71 bits per heavy atom.